The number of carboxylic acids is 1. The zero-order chi connectivity index (χ0) is 19.4. The molecule has 0 aliphatic rings. The van der Waals surface area contributed by atoms with Gasteiger partial charge in [0.25, 0.3) is 0 Å². The Morgan fingerprint density at radius 2 is 2.08 bits per heavy atom. The van der Waals surface area contributed by atoms with Crippen LogP contribution in [0.3, 0.4) is 0 Å². The number of rotatable bonds is 13. The molecule has 144 valence electrons. The van der Waals surface area contributed by atoms with Gasteiger partial charge in [-0.15, -0.1) is 0 Å². The number of aldehydes is 1. The zero-order valence-corrected chi connectivity index (χ0v) is 14.9. The van der Waals surface area contributed by atoms with E-state index in [4.69, 9.17) is 0 Å². The van der Waals surface area contributed by atoms with Crippen LogP contribution in [0.4, 0.5) is 4.39 Å². The molecule has 0 radical (unpaired) electrons. The number of carbonyl (C=O) groups excluding carboxylic acids is 2. The van der Waals surface area contributed by atoms with Crippen LogP contribution in [-0.2, 0) is 20.8 Å². The second-order valence-corrected chi connectivity index (χ2v) is 6.13. The predicted octanol–water partition coefficient (Wildman–Crippen LogP) is 1.32. The van der Waals surface area contributed by atoms with Crippen LogP contribution in [0, 0.1) is 11.9 Å². The van der Waals surface area contributed by atoms with Gasteiger partial charge in [-0.1, -0.05) is 12.5 Å². The fourth-order valence-electron chi connectivity index (χ4n) is 2.74. The summed E-state index contributed by atoms with van der Waals surface area (Å²) in [5.41, 5.74) is 0.527. The molecule has 0 bridgehead atoms. The minimum atomic E-state index is -0.992. The number of hydrogen-bond acceptors (Lipinski definition) is 5. The van der Waals surface area contributed by atoms with Crippen LogP contribution < -0.4 is 10.6 Å². The highest BCUT2D eigenvalue weighted by Gasteiger charge is 2.28. The molecule has 1 amide bonds. The van der Waals surface area contributed by atoms with Gasteiger partial charge in [0, 0.05) is 18.7 Å². The topological polar surface area (TPSA) is 108 Å². The van der Waals surface area contributed by atoms with Crippen molar-refractivity contribution in [2.75, 3.05) is 13.6 Å². The van der Waals surface area contributed by atoms with Gasteiger partial charge < -0.3 is 20.5 Å². The molecule has 2 atom stereocenters. The molecule has 0 fully saturated rings. The number of nitrogens with zero attached hydrogens (tertiary/aromatic N) is 1. The Bertz CT molecular complexity index is 580. The number of amides is 1. The molecule has 1 heterocycles. The molecular formula is C18H26FN3O4. The third-order valence-electron chi connectivity index (χ3n) is 4.09. The van der Waals surface area contributed by atoms with Crippen LogP contribution in [0.5, 0.6) is 0 Å². The molecule has 3 N–H and O–H groups in total. The third-order valence-corrected chi connectivity index (χ3v) is 4.09. The highest BCUT2D eigenvalue weighted by molar-refractivity contribution is 5.80. The van der Waals surface area contributed by atoms with Gasteiger partial charge in [-0.05, 0) is 44.5 Å². The van der Waals surface area contributed by atoms with Crippen LogP contribution >= 0.6 is 0 Å². The van der Waals surface area contributed by atoms with E-state index in [0.717, 1.165) is 19.0 Å². The molecule has 1 rings (SSSR count). The van der Waals surface area contributed by atoms with E-state index >= 15 is 0 Å². The van der Waals surface area contributed by atoms with Crippen molar-refractivity contribution in [2.45, 2.75) is 44.6 Å². The summed E-state index contributed by atoms with van der Waals surface area (Å²) in [6, 6.07) is 1.98. The fraction of sp³-hybridized carbons (Fsp3) is 0.556. The molecule has 0 saturated heterocycles. The Balaban J connectivity index is 2.71. The molecule has 8 heteroatoms. The van der Waals surface area contributed by atoms with Gasteiger partial charge >= 0.3 is 5.97 Å². The van der Waals surface area contributed by atoms with E-state index in [1.165, 1.54) is 12.3 Å². The molecule has 7 nitrogen and oxygen atoms in total. The lowest BCUT2D eigenvalue weighted by atomic mass is 9.90. The summed E-state index contributed by atoms with van der Waals surface area (Å²) in [6.07, 6.45) is 4.33. The third kappa shape index (κ3) is 8.15. The standard InChI is InChI=1S/C18H26FN3O4/c1-20-9-3-2-5-14(18(25)26)15(6-4-10-23)22-17(24)11-13-7-8-16(19)21-12-13/h7-8,10,12,14-15,20H,2-6,9,11H2,1H3,(H,22,24)(H,25,26). The smallest absolute Gasteiger partial charge is 0.308 e. The average molecular weight is 367 g/mol. The lowest BCUT2D eigenvalue weighted by Gasteiger charge is -2.25. The number of nitrogens with one attached hydrogen (secondary N) is 2. The van der Waals surface area contributed by atoms with Crippen molar-refractivity contribution in [1.29, 1.82) is 0 Å². The fourth-order valence-corrected chi connectivity index (χ4v) is 2.74. The van der Waals surface area contributed by atoms with E-state index in [9.17, 15) is 23.9 Å². The summed E-state index contributed by atoms with van der Waals surface area (Å²) >= 11 is 0. The van der Waals surface area contributed by atoms with Gasteiger partial charge in [0.2, 0.25) is 11.9 Å². The Morgan fingerprint density at radius 1 is 1.31 bits per heavy atom. The quantitative estimate of drug-likeness (QED) is 0.276. The van der Waals surface area contributed by atoms with Crippen molar-refractivity contribution in [3.8, 4) is 0 Å². The van der Waals surface area contributed by atoms with Gasteiger partial charge in [0.1, 0.15) is 6.29 Å². The molecule has 1 aromatic rings. The maximum atomic E-state index is 12.8. The second-order valence-electron chi connectivity index (χ2n) is 6.13. The molecule has 0 aromatic carbocycles. The molecule has 0 saturated carbocycles. The van der Waals surface area contributed by atoms with Crippen LogP contribution in [-0.4, -0.2) is 47.9 Å². The van der Waals surface area contributed by atoms with Crippen molar-refractivity contribution in [3.05, 3.63) is 29.8 Å². The van der Waals surface area contributed by atoms with Crippen molar-refractivity contribution in [1.82, 2.24) is 15.6 Å². The van der Waals surface area contributed by atoms with Crippen LogP contribution in [0.25, 0.3) is 0 Å². The van der Waals surface area contributed by atoms with Crippen molar-refractivity contribution in [3.63, 3.8) is 0 Å². The molecular weight excluding hydrogens is 341 g/mol. The van der Waals surface area contributed by atoms with Crippen LogP contribution in [0.2, 0.25) is 0 Å². The zero-order valence-electron chi connectivity index (χ0n) is 14.9. The first kappa shape index (κ1) is 21.7. The first-order chi connectivity index (χ1) is 12.5. The number of carboxylic acid groups (broad SMARTS) is 1. The number of aliphatic carboxylic acids is 1. The van der Waals surface area contributed by atoms with E-state index in [2.05, 4.69) is 15.6 Å². The summed E-state index contributed by atoms with van der Waals surface area (Å²) in [6.45, 7) is 0.787. The summed E-state index contributed by atoms with van der Waals surface area (Å²) in [5, 5.41) is 15.2. The molecule has 0 aliphatic carbocycles. The number of unbranched alkanes of at least 4 members (excludes halogenated alkanes) is 1. The molecule has 0 spiro atoms. The Hall–Kier alpha value is -2.35. The van der Waals surface area contributed by atoms with E-state index in [1.807, 2.05) is 7.05 Å². The van der Waals surface area contributed by atoms with Crippen molar-refractivity contribution < 1.29 is 23.9 Å². The van der Waals surface area contributed by atoms with Gasteiger partial charge in [-0.25, -0.2) is 4.98 Å². The summed E-state index contributed by atoms with van der Waals surface area (Å²) < 4.78 is 12.8. The highest BCUT2D eigenvalue weighted by atomic mass is 19.1. The lowest BCUT2D eigenvalue weighted by molar-refractivity contribution is -0.143. The van der Waals surface area contributed by atoms with Crippen LogP contribution in [0.15, 0.2) is 18.3 Å². The molecule has 0 aliphatic heterocycles. The molecule has 2 unspecified atom stereocenters. The minimum absolute atomic E-state index is 0.0308. The predicted molar refractivity (Wildman–Crippen MR) is 94.0 cm³/mol. The van der Waals surface area contributed by atoms with Gasteiger partial charge in [0.15, 0.2) is 0 Å². The van der Waals surface area contributed by atoms with Crippen molar-refractivity contribution in [2.24, 2.45) is 5.92 Å². The van der Waals surface area contributed by atoms with Gasteiger partial charge in [-0.3, -0.25) is 9.59 Å². The maximum absolute atomic E-state index is 12.8. The van der Waals surface area contributed by atoms with E-state index in [-0.39, 0.29) is 25.2 Å². The molecule has 1 aromatic heterocycles. The number of aromatic nitrogens is 1. The average Bonchev–Trinajstić information content (AvgIpc) is 2.60. The van der Waals surface area contributed by atoms with E-state index in [1.54, 1.807) is 0 Å². The highest BCUT2D eigenvalue weighted by Crippen LogP contribution is 2.18. The Kier molecular flexibility index (Phi) is 10.1. The minimum Gasteiger partial charge on any atom is -0.481 e. The van der Waals surface area contributed by atoms with Crippen LogP contribution in [0.1, 0.15) is 37.7 Å². The number of pyridine rings is 1. The number of hydrogen-bond donors (Lipinski definition) is 3. The summed E-state index contributed by atoms with van der Waals surface area (Å²) in [7, 11) is 1.83. The second kappa shape index (κ2) is 12.1. The first-order valence-corrected chi connectivity index (χ1v) is 8.68. The van der Waals surface area contributed by atoms with E-state index < -0.39 is 23.9 Å². The van der Waals surface area contributed by atoms with Crippen molar-refractivity contribution >= 4 is 18.2 Å². The van der Waals surface area contributed by atoms with Gasteiger partial charge in [-0.2, -0.15) is 4.39 Å². The van der Waals surface area contributed by atoms with E-state index in [0.29, 0.717) is 24.7 Å². The first-order valence-electron chi connectivity index (χ1n) is 8.68. The monoisotopic (exact) mass is 367 g/mol. The SMILES string of the molecule is CNCCCCC(C(=O)O)C(CCC=O)NC(=O)Cc1ccc(F)nc1. The Morgan fingerprint density at radius 3 is 2.65 bits per heavy atom. The summed E-state index contributed by atoms with van der Waals surface area (Å²) in [5.74, 6) is -2.77. The normalized spacial score (nSPS) is 13.0. The summed E-state index contributed by atoms with van der Waals surface area (Å²) in [4.78, 5) is 38.1. The maximum Gasteiger partial charge on any atom is 0.308 e. The van der Waals surface area contributed by atoms with Gasteiger partial charge in [0.05, 0.1) is 12.3 Å². The number of halogens is 1. The molecule has 26 heavy (non-hydrogen) atoms. The lowest BCUT2D eigenvalue weighted by Crippen LogP contribution is -2.44. The Labute approximate surface area is 152 Å². The largest absolute Gasteiger partial charge is 0.481 e. The number of carbonyl (C=O) groups is 3.